The van der Waals surface area contributed by atoms with E-state index in [-0.39, 0.29) is 5.28 Å². The van der Waals surface area contributed by atoms with Crippen LogP contribution in [-0.2, 0) is 4.74 Å². The van der Waals surface area contributed by atoms with E-state index < -0.39 is 0 Å². The molecule has 1 rings (SSSR count). The lowest BCUT2D eigenvalue weighted by Crippen LogP contribution is -2.09. The quantitative estimate of drug-likeness (QED) is 0.479. The van der Waals surface area contributed by atoms with Crippen molar-refractivity contribution in [3.8, 4) is 0 Å². The molecule has 0 aliphatic rings. The monoisotopic (exact) mass is 221 g/mol. The first kappa shape index (κ1) is 10.5. The zero-order valence-electron chi connectivity index (χ0n) is 7.05. The molecule has 0 spiro atoms. The highest BCUT2D eigenvalue weighted by molar-refractivity contribution is 6.32. The molecule has 1 heterocycles. The molecule has 13 heavy (non-hydrogen) atoms. The van der Waals surface area contributed by atoms with Crippen molar-refractivity contribution in [1.82, 2.24) is 9.97 Å². The number of hydrogen-bond acceptors (Lipinski definition) is 4. The number of aromatic nitrogens is 2. The molecule has 1 aromatic rings. The molecule has 0 saturated heterocycles. The second-order valence-electron chi connectivity index (χ2n) is 2.26. The zero-order chi connectivity index (χ0) is 9.68. The second-order valence-corrected chi connectivity index (χ2v) is 2.99. The summed E-state index contributed by atoms with van der Waals surface area (Å²) in [5, 5.41) is 3.43. The third kappa shape index (κ3) is 3.76. The topological polar surface area (TPSA) is 47.0 Å². The number of rotatable bonds is 4. The van der Waals surface area contributed by atoms with Gasteiger partial charge >= 0.3 is 0 Å². The highest BCUT2D eigenvalue weighted by atomic mass is 35.5. The Bertz CT molecular complexity index is 262. The smallest absolute Gasteiger partial charge is 0.225 e. The van der Waals surface area contributed by atoms with Gasteiger partial charge in [-0.1, -0.05) is 11.6 Å². The highest BCUT2D eigenvalue weighted by Gasteiger charge is 1.99. The summed E-state index contributed by atoms with van der Waals surface area (Å²) < 4.78 is 4.85. The molecule has 1 aromatic heterocycles. The predicted molar refractivity (Wildman–Crippen MR) is 52.4 cm³/mol. The Morgan fingerprint density at radius 1 is 1.46 bits per heavy atom. The van der Waals surface area contributed by atoms with Crippen molar-refractivity contribution in [3.63, 3.8) is 0 Å². The number of nitrogens with zero attached hydrogens (tertiary/aromatic N) is 2. The first-order valence-corrected chi connectivity index (χ1v) is 4.41. The minimum absolute atomic E-state index is 0.132. The molecule has 1 N–H and O–H groups in total. The van der Waals surface area contributed by atoms with Crippen LogP contribution >= 0.6 is 23.2 Å². The van der Waals surface area contributed by atoms with Crippen LogP contribution in [0.3, 0.4) is 0 Å². The Morgan fingerprint density at radius 3 is 2.85 bits per heavy atom. The lowest BCUT2D eigenvalue weighted by Gasteiger charge is -2.04. The fourth-order valence-electron chi connectivity index (χ4n) is 0.762. The average molecular weight is 222 g/mol. The molecule has 72 valence electrons. The average Bonchev–Trinajstić information content (AvgIpc) is 2.03. The molecule has 0 saturated carbocycles. The second kappa shape index (κ2) is 5.21. The van der Waals surface area contributed by atoms with Gasteiger partial charge in [-0.25, -0.2) is 9.97 Å². The number of nitrogens with one attached hydrogen (secondary N) is 1. The molecule has 4 nitrogen and oxygen atoms in total. The molecule has 0 fully saturated rings. The lowest BCUT2D eigenvalue weighted by atomic mass is 10.5. The largest absolute Gasteiger partial charge is 0.383 e. The van der Waals surface area contributed by atoms with Gasteiger partial charge in [0.25, 0.3) is 0 Å². The van der Waals surface area contributed by atoms with Gasteiger partial charge in [-0.2, -0.15) is 0 Å². The number of methoxy groups -OCH3 is 1. The first-order valence-electron chi connectivity index (χ1n) is 3.65. The molecular weight excluding hydrogens is 213 g/mol. The van der Waals surface area contributed by atoms with Gasteiger partial charge in [0.15, 0.2) is 0 Å². The van der Waals surface area contributed by atoms with Crippen LogP contribution in [0.1, 0.15) is 0 Å². The standard InChI is InChI=1S/C7H9Cl2N3O/c1-13-3-2-10-6-4-5(8)11-7(9)12-6/h4H,2-3H2,1H3,(H,10,11,12). The number of anilines is 1. The summed E-state index contributed by atoms with van der Waals surface area (Å²) in [6.45, 7) is 1.25. The van der Waals surface area contributed by atoms with Crippen LogP contribution in [0.4, 0.5) is 5.82 Å². The first-order chi connectivity index (χ1) is 6.22. The van der Waals surface area contributed by atoms with Crippen molar-refractivity contribution in [2.45, 2.75) is 0 Å². The van der Waals surface area contributed by atoms with Crippen LogP contribution in [0, 0.1) is 0 Å². The van der Waals surface area contributed by atoms with E-state index in [2.05, 4.69) is 15.3 Å². The van der Waals surface area contributed by atoms with E-state index in [0.717, 1.165) is 0 Å². The molecule has 0 amide bonds. The Kier molecular flexibility index (Phi) is 4.21. The molecule has 0 bridgehead atoms. The molecule has 0 aliphatic carbocycles. The summed E-state index contributed by atoms with van der Waals surface area (Å²) in [4.78, 5) is 7.62. The SMILES string of the molecule is COCCNc1cc(Cl)nc(Cl)n1. The zero-order valence-corrected chi connectivity index (χ0v) is 8.56. The van der Waals surface area contributed by atoms with Crippen LogP contribution in [-0.4, -0.2) is 30.2 Å². The van der Waals surface area contributed by atoms with Crippen LogP contribution in [0.5, 0.6) is 0 Å². The summed E-state index contributed by atoms with van der Waals surface area (Å²) in [6, 6.07) is 1.60. The summed E-state index contributed by atoms with van der Waals surface area (Å²) in [6.07, 6.45) is 0. The van der Waals surface area contributed by atoms with E-state index in [1.165, 1.54) is 0 Å². The number of ether oxygens (including phenoxy) is 1. The van der Waals surface area contributed by atoms with E-state index in [9.17, 15) is 0 Å². The van der Waals surface area contributed by atoms with E-state index in [1.807, 2.05) is 0 Å². The molecule has 0 aliphatic heterocycles. The van der Waals surface area contributed by atoms with E-state index in [0.29, 0.717) is 24.1 Å². The third-order valence-corrected chi connectivity index (χ3v) is 1.64. The Hall–Kier alpha value is -0.580. The van der Waals surface area contributed by atoms with Crippen molar-refractivity contribution in [3.05, 3.63) is 16.5 Å². The Morgan fingerprint density at radius 2 is 2.23 bits per heavy atom. The molecular formula is C7H9Cl2N3O. The van der Waals surface area contributed by atoms with Gasteiger partial charge in [0, 0.05) is 19.7 Å². The number of hydrogen-bond donors (Lipinski definition) is 1. The van der Waals surface area contributed by atoms with Crippen molar-refractivity contribution in [1.29, 1.82) is 0 Å². The highest BCUT2D eigenvalue weighted by Crippen LogP contribution is 2.13. The van der Waals surface area contributed by atoms with Gasteiger partial charge in [-0.3, -0.25) is 0 Å². The van der Waals surface area contributed by atoms with Gasteiger partial charge < -0.3 is 10.1 Å². The maximum absolute atomic E-state index is 5.66. The fourth-order valence-corrected chi connectivity index (χ4v) is 1.17. The van der Waals surface area contributed by atoms with Crippen molar-refractivity contribution < 1.29 is 4.74 Å². The normalized spacial score (nSPS) is 10.1. The van der Waals surface area contributed by atoms with Gasteiger partial charge in [0.1, 0.15) is 11.0 Å². The molecule has 0 unspecified atom stereocenters. The van der Waals surface area contributed by atoms with E-state index >= 15 is 0 Å². The summed E-state index contributed by atoms with van der Waals surface area (Å²) in [7, 11) is 1.63. The van der Waals surface area contributed by atoms with Gasteiger partial charge in [0.05, 0.1) is 6.61 Å². The van der Waals surface area contributed by atoms with Crippen molar-refractivity contribution in [2.75, 3.05) is 25.6 Å². The fraction of sp³-hybridized carbons (Fsp3) is 0.429. The number of halogens is 2. The minimum Gasteiger partial charge on any atom is -0.383 e. The van der Waals surface area contributed by atoms with E-state index in [1.54, 1.807) is 13.2 Å². The van der Waals surface area contributed by atoms with Crippen LogP contribution in [0.2, 0.25) is 10.4 Å². The minimum atomic E-state index is 0.132. The van der Waals surface area contributed by atoms with Gasteiger partial charge in [-0.15, -0.1) is 0 Å². The van der Waals surface area contributed by atoms with Gasteiger partial charge in [0.2, 0.25) is 5.28 Å². The van der Waals surface area contributed by atoms with E-state index in [4.69, 9.17) is 27.9 Å². The summed E-state index contributed by atoms with van der Waals surface area (Å²) >= 11 is 11.2. The molecule has 0 aromatic carbocycles. The predicted octanol–water partition coefficient (Wildman–Crippen LogP) is 1.84. The molecule has 6 heteroatoms. The Labute approximate surface area is 86.2 Å². The van der Waals surface area contributed by atoms with Crippen molar-refractivity contribution in [2.24, 2.45) is 0 Å². The molecule has 0 atom stereocenters. The lowest BCUT2D eigenvalue weighted by molar-refractivity contribution is 0.210. The molecule has 0 radical (unpaired) electrons. The van der Waals surface area contributed by atoms with Crippen LogP contribution < -0.4 is 5.32 Å². The maximum atomic E-state index is 5.66. The Balaban J connectivity index is 2.56. The van der Waals surface area contributed by atoms with Gasteiger partial charge in [-0.05, 0) is 11.6 Å². The van der Waals surface area contributed by atoms with Crippen molar-refractivity contribution >= 4 is 29.0 Å². The van der Waals surface area contributed by atoms with Crippen LogP contribution in [0.25, 0.3) is 0 Å². The maximum Gasteiger partial charge on any atom is 0.225 e. The third-order valence-electron chi connectivity index (χ3n) is 1.28. The summed E-state index contributed by atoms with van der Waals surface area (Å²) in [5.41, 5.74) is 0. The van der Waals surface area contributed by atoms with Crippen LogP contribution in [0.15, 0.2) is 6.07 Å². The summed E-state index contributed by atoms with van der Waals surface area (Å²) in [5.74, 6) is 0.599.